The van der Waals surface area contributed by atoms with E-state index in [1.165, 1.54) is 7.11 Å². The first kappa shape index (κ1) is 22.1. The summed E-state index contributed by atoms with van der Waals surface area (Å²) >= 11 is 0. The van der Waals surface area contributed by atoms with Crippen LogP contribution < -0.4 is 16.2 Å². The van der Waals surface area contributed by atoms with Crippen LogP contribution in [0.25, 0.3) is 44.6 Å². The Labute approximate surface area is 205 Å². The molecule has 36 heavy (non-hydrogen) atoms. The monoisotopic (exact) mass is 487 g/mol. The van der Waals surface area contributed by atoms with Gasteiger partial charge in [-0.3, -0.25) is 9.48 Å². The molecule has 5 aromatic rings. The normalized spacial score (nSPS) is 15.1. The number of benzene rings is 2. The van der Waals surface area contributed by atoms with Crippen molar-refractivity contribution in [3.8, 4) is 28.3 Å². The van der Waals surface area contributed by atoms with E-state index >= 15 is 0 Å². The van der Waals surface area contributed by atoms with Crippen molar-refractivity contribution in [3.63, 3.8) is 0 Å². The summed E-state index contributed by atoms with van der Waals surface area (Å²) in [6, 6.07) is 9.85. The number of ether oxygens (including phenoxy) is 2. The highest BCUT2D eigenvalue weighted by Gasteiger charge is 2.34. The second-order valence-corrected chi connectivity index (χ2v) is 9.11. The van der Waals surface area contributed by atoms with Crippen LogP contribution in [-0.2, 0) is 21.6 Å². The molecule has 0 spiro atoms. The zero-order valence-corrected chi connectivity index (χ0v) is 19.9. The first-order valence-electron chi connectivity index (χ1n) is 11.6. The van der Waals surface area contributed by atoms with Crippen LogP contribution in [-0.4, -0.2) is 50.5 Å². The lowest BCUT2D eigenvalue weighted by molar-refractivity contribution is -0.128. The van der Waals surface area contributed by atoms with Gasteiger partial charge in [0.05, 0.1) is 24.9 Å². The molecule has 3 aromatic heterocycles. The third-order valence-corrected chi connectivity index (χ3v) is 6.63. The van der Waals surface area contributed by atoms with E-state index in [2.05, 4.69) is 14.6 Å². The molecular formula is C25H25N7O4. The Bertz CT molecular complexity index is 1630. The number of primary amides is 1. The fourth-order valence-corrected chi connectivity index (χ4v) is 4.71. The van der Waals surface area contributed by atoms with Gasteiger partial charge in [-0.2, -0.15) is 10.1 Å². The summed E-state index contributed by atoms with van der Waals surface area (Å²) in [6.45, 7) is 3.16. The number of rotatable bonds is 6. The number of aromatic nitrogens is 5. The van der Waals surface area contributed by atoms with Gasteiger partial charge in [0.15, 0.2) is 11.1 Å². The van der Waals surface area contributed by atoms with Gasteiger partial charge in [0, 0.05) is 31.0 Å². The molecule has 1 aliphatic rings. The molecule has 0 aliphatic carbocycles. The van der Waals surface area contributed by atoms with Gasteiger partial charge in [-0.15, -0.1) is 0 Å². The predicted molar refractivity (Wildman–Crippen MR) is 133 cm³/mol. The summed E-state index contributed by atoms with van der Waals surface area (Å²) in [7, 11) is 1.52. The van der Waals surface area contributed by atoms with Gasteiger partial charge in [-0.1, -0.05) is 0 Å². The quantitative estimate of drug-likeness (QED) is 0.371. The topological polar surface area (TPSA) is 149 Å². The fourth-order valence-electron chi connectivity index (χ4n) is 4.71. The minimum absolute atomic E-state index is 0.103. The van der Waals surface area contributed by atoms with E-state index in [0.29, 0.717) is 17.7 Å². The lowest BCUT2D eigenvalue weighted by Crippen LogP contribution is -2.47. The molecule has 4 heterocycles. The number of fused-ring (bicyclic) bond motifs is 1. The van der Waals surface area contributed by atoms with Gasteiger partial charge < -0.3 is 29.9 Å². The van der Waals surface area contributed by atoms with Crippen molar-refractivity contribution in [1.82, 2.24) is 24.3 Å². The van der Waals surface area contributed by atoms with Crippen molar-refractivity contribution in [2.45, 2.75) is 25.4 Å². The van der Waals surface area contributed by atoms with E-state index in [4.69, 9.17) is 30.3 Å². The second kappa shape index (κ2) is 8.09. The number of nitrogen functional groups attached to an aromatic ring is 1. The van der Waals surface area contributed by atoms with Crippen LogP contribution in [0.1, 0.15) is 13.3 Å². The summed E-state index contributed by atoms with van der Waals surface area (Å²) < 4.78 is 20.5. The van der Waals surface area contributed by atoms with Crippen LogP contribution in [0.15, 0.2) is 47.1 Å². The highest BCUT2D eigenvalue weighted by molar-refractivity contribution is 5.92. The van der Waals surface area contributed by atoms with Crippen molar-refractivity contribution < 1.29 is 18.7 Å². The first-order valence-corrected chi connectivity index (χ1v) is 11.6. The van der Waals surface area contributed by atoms with Gasteiger partial charge in [-0.05, 0) is 49.2 Å². The van der Waals surface area contributed by atoms with Crippen molar-refractivity contribution >= 4 is 34.1 Å². The van der Waals surface area contributed by atoms with E-state index in [-0.39, 0.29) is 12.6 Å². The van der Waals surface area contributed by atoms with Crippen LogP contribution in [0.2, 0.25) is 0 Å². The van der Waals surface area contributed by atoms with E-state index in [1.807, 2.05) is 30.3 Å². The largest absolute Gasteiger partial charge is 0.491 e. The van der Waals surface area contributed by atoms with Crippen LogP contribution >= 0.6 is 0 Å². The number of amides is 1. The van der Waals surface area contributed by atoms with Gasteiger partial charge in [0.1, 0.15) is 22.6 Å². The molecule has 0 saturated carbocycles. The number of methoxy groups -OCH3 is 1. The molecule has 0 radical (unpaired) electrons. The molecule has 4 N–H and O–H groups in total. The number of nitrogens with zero attached hydrogens (tertiary/aromatic N) is 5. The molecule has 1 atom stereocenters. The Morgan fingerprint density at radius 3 is 2.81 bits per heavy atom. The summed E-state index contributed by atoms with van der Waals surface area (Å²) in [6.07, 6.45) is 4.32. The average Bonchev–Trinajstić information content (AvgIpc) is 3.53. The van der Waals surface area contributed by atoms with Crippen LogP contribution in [0, 0.1) is 0 Å². The molecule has 184 valence electrons. The van der Waals surface area contributed by atoms with Gasteiger partial charge >= 0.3 is 0 Å². The summed E-state index contributed by atoms with van der Waals surface area (Å²) in [5, 5.41) is 4.42. The maximum Gasteiger partial charge on any atom is 0.292 e. The van der Waals surface area contributed by atoms with E-state index in [0.717, 1.165) is 52.3 Å². The highest BCUT2D eigenvalue weighted by atomic mass is 16.5. The standard InChI is InChI=1S/C25H25N7O4/c1-25(13-34-2,23(26)33)32-12-16(11-28-32)15-9-18-21-20(10-15)35-7-3-6-31(21)22(29-18)14-4-5-19-17(8-14)30-24(27)36-19/h4-5,8-12H,3,6-7,13H2,1-2H3,(H2,26,33)(H2,27,30)/t25-/m1/s1. The molecule has 0 saturated heterocycles. The Hall–Kier alpha value is -4.38. The minimum atomic E-state index is -1.11. The molecule has 11 heteroatoms. The lowest BCUT2D eigenvalue weighted by Gasteiger charge is -2.25. The van der Waals surface area contributed by atoms with Crippen molar-refractivity contribution in [2.75, 3.05) is 26.1 Å². The van der Waals surface area contributed by atoms with Gasteiger partial charge in [-0.25, -0.2) is 4.98 Å². The SMILES string of the molecule is COC[C@](C)(C(N)=O)n1cc(-c2cc3c4c(c2)nc(-c2ccc5oc(N)nc5c2)n4CCCO3)cn1. The van der Waals surface area contributed by atoms with Crippen LogP contribution in [0.4, 0.5) is 6.01 Å². The molecule has 11 nitrogen and oxygen atoms in total. The van der Waals surface area contributed by atoms with E-state index < -0.39 is 11.4 Å². The Balaban J connectivity index is 1.48. The van der Waals surface area contributed by atoms with Gasteiger partial charge in [0.2, 0.25) is 5.91 Å². The van der Waals surface area contributed by atoms with Crippen molar-refractivity contribution in [1.29, 1.82) is 0 Å². The van der Waals surface area contributed by atoms with Crippen molar-refractivity contribution in [2.24, 2.45) is 5.73 Å². The minimum Gasteiger partial charge on any atom is -0.491 e. The number of hydrogen-bond donors (Lipinski definition) is 2. The van der Waals surface area contributed by atoms with E-state index in [9.17, 15) is 4.79 Å². The Kier molecular flexibility index (Phi) is 4.97. The number of nitrogens with two attached hydrogens (primary N) is 2. The number of carbonyl (C=O) groups excluding carboxylic acids is 1. The van der Waals surface area contributed by atoms with Crippen molar-refractivity contribution in [3.05, 3.63) is 42.7 Å². The van der Waals surface area contributed by atoms with Gasteiger partial charge in [0.25, 0.3) is 6.01 Å². The summed E-state index contributed by atoms with van der Waals surface area (Å²) in [4.78, 5) is 21.4. The predicted octanol–water partition coefficient (Wildman–Crippen LogP) is 2.92. The maximum atomic E-state index is 12.2. The summed E-state index contributed by atoms with van der Waals surface area (Å²) in [5.41, 5.74) is 15.9. The van der Waals surface area contributed by atoms with Crippen LogP contribution in [0.5, 0.6) is 5.75 Å². The molecule has 6 rings (SSSR count). The molecule has 1 aliphatic heterocycles. The second-order valence-electron chi connectivity index (χ2n) is 9.11. The molecule has 1 amide bonds. The number of anilines is 1. The maximum absolute atomic E-state index is 12.2. The number of aryl methyl sites for hydroxylation is 1. The molecule has 0 fully saturated rings. The van der Waals surface area contributed by atoms with E-state index in [1.54, 1.807) is 24.0 Å². The van der Waals surface area contributed by atoms with Crippen LogP contribution in [0.3, 0.4) is 0 Å². The molecule has 2 aromatic carbocycles. The number of carbonyl (C=O) groups is 1. The zero-order valence-electron chi connectivity index (χ0n) is 19.9. The third kappa shape index (κ3) is 3.39. The number of hydrogen-bond acceptors (Lipinski definition) is 8. The Morgan fingerprint density at radius 2 is 2.00 bits per heavy atom. The highest BCUT2D eigenvalue weighted by Crippen LogP contribution is 2.38. The molecule has 0 unspecified atom stereocenters. The number of oxazole rings is 1. The number of imidazole rings is 1. The summed E-state index contributed by atoms with van der Waals surface area (Å²) in [5.74, 6) is 1.03. The first-order chi connectivity index (χ1) is 17.4. The lowest BCUT2D eigenvalue weighted by atomic mass is 10.0. The Morgan fingerprint density at radius 1 is 1.17 bits per heavy atom. The molecular weight excluding hydrogens is 462 g/mol. The molecule has 0 bridgehead atoms. The third-order valence-electron chi connectivity index (χ3n) is 6.63. The fraction of sp³-hybridized carbons (Fsp3) is 0.280. The average molecular weight is 488 g/mol. The zero-order chi connectivity index (χ0) is 25.0. The smallest absolute Gasteiger partial charge is 0.292 e.